The van der Waals surface area contributed by atoms with Crippen LogP contribution in [0.5, 0.6) is 0 Å². The highest BCUT2D eigenvalue weighted by Crippen LogP contribution is 2.30. The highest BCUT2D eigenvalue weighted by atomic mass is 19.3. The van der Waals surface area contributed by atoms with Crippen LogP contribution in [0.25, 0.3) is 11.0 Å². The van der Waals surface area contributed by atoms with Gasteiger partial charge in [-0.3, -0.25) is 0 Å². The van der Waals surface area contributed by atoms with Crippen molar-refractivity contribution in [1.29, 1.82) is 0 Å². The summed E-state index contributed by atoms with van der Waals surface area (Å²) in [7, 11) is 0. The Kier molecular flexibility index (Phi) is 4.39. The number of hydrogen-bond donors (Lipinski definition) is 2. The van der Waals surface area contributed by atoms with Crippen molar-refractivity contribution in [2.75, 3.05) is 5.32 Å². The quantitative estimate of drug-likeness (QED) is 0.733. The Labute approximate surface area is 140 Å². The lowest BCUT2D eigenvalue weighted by atomic mass is 10.1. The zero-order chi connectivity index (χ0) is 18.1. The molecular weight excluding hydrogens is 337 g/mol. The molecule has 25 heavy (non-hydrogen) atoms. The molecule has 2 aromatic heterocycles. The largest absolute Gasteiger partial charge is 0.459 e. The van der Waals surface area contributed by atoms with Gasteiger partial charge in [-0.2, -0.15) is 13.9 Å². The van der Waals surface area contributed by atoms with E-state index in [1.54, 1.807) is 13.8 Å². The summed E-state index contributed by atoms with van der Waals surface area (Å²) >= 11 is 0. The molecule has 0 bridgehead atoms. The van der Waals surface area contributed by atoms with Gasteiger partial charge >= 0.3 is 12.6 Å². The average Bonchev–Trinajstić information content (AvgIpc) is 3.13. The summed E-state index contributed by atoms with van der Waals surface area (Å²) in [6, 6.07) is 3.06. The molecule has 1 atom stereocenters. The molecule has 2 N–H and O–H groups in total. The summed E-state index contributed by atoms with van der Waals surface area (Å²) < 4.78 is 44.4. The molecule has 2 amide bonds. The minimum atomic E-state index is -2.78. The summed E-state index contributed by atoms with van der Waals surface area (Å²) in [6.07, 6.45) is 2.13. The van der Waals surface area contributed by atoms with Gasteiger partial charge in [0.05, 0.1) is 24.1 Å². The Balaban J connectivity index is 1.72. The molecule has 3 rings (SSSR count). The highest BCUT2D eigenvalue weighted by molar-refractivity contribution is 5.89. The third-order valence-electron chi connectivity index (χ3n) is 3.74. The second-order valence-electron chi connectivity index (χ2n) is 5.54. The maximum absolute atomic E-state index is 13.4. The number of hydrogen-bond acceptors (Lipinski definition) is 3. The van der Waals surface area contributed by atoms with Crippen molar-refractivity contribution < 1.29 is 22.4 Å². The minimum Gasteiger partial charge on any atom is -0.459 e. The van der Waals surface area contributed by atoms with Crippen molar-refractivity contribution in [1.82, 2.24) is 15.1 Å². The van der Waals surface area contributed by atoms with E-state index in [2.05, 4.69) is 15.7 Å². The maximum atomic E-state index is 13.4. The number of nitrogens with one attached hydrogen (secondary N) is 2. The summed E-state index contributed by atoms with van der Waals surface area (Å²) in [4.78, 5) is 12.0. The van der Waals surface area contributed by atoms with Gasteiger partial charge in [0.2, 0.25) is 0 Å². The van der Waals surface area contributed by atoms with Crippen molar-refractivity contribution in [3.05, 3.63) is 47.7 Å². The molecule has 6 nitrogen and oxygen atoms in total. The van der Waals surface area contributed by atoms with Gasteiger partial charge in [-0.25, -0.2) is 13.9 Å². The summed E-state index contributed by atoms with van der Waals surface area (Å²) in [6.45, 7) is 0.684. The average molecular weight is 352 g/mol. The number of halogens is 3. The molecule has 0 saturated heterocycles. The van der Waals surface area contributed by atoms with Crippen LogP contribution in [-0.2, 0) is 0 Å². The van der Waals surface area contributed by atoms with Gasteiger partial charge in [0.15, 0.2) is 0 Å². The number of carbonyl (C=O) groups excluding carboxylic acids is 1. The number of benzene rings is 1. The van der Waals surface area contributed by atoms with Gasteiger partial charge < -0.3 is 15.1 Å². The van der Waals surface area contributed by atoms with Gasteiger partial charge in [0, 0.05) is 10.9 Å². The fourth-order valence-electron chi connectivity index (χ4n) is 2.56. The Hall–Kier alpha value is -2.97. The van der Waals surface area contributed by atoms with E-state index in [1.807, 2.05) is 0 Å². The first-order valence-electron chi connectivity index (χ1n) is 7.43. The van der Waals surface area contributed by atoms with E-state index in [1.165, 1.54) is 18.2 Å². The number of rotatable bonds is 4. The van der Waals surface area contributed by atoms with Gasteiger partial charge in [0.25, 0.3) is 0 Å². The van der Waals surface area contributed by atoms with Crippen molar-refractivity contribution in [2.24, 2.45) is 0 Å². The van der Waals surface area contributed by atoms with Crippen LogP contribution in [0, 0.1) is 12.7 Å². The van der Waals surface area contributed by atoms with E-state index in [0.29, 0.717) is 27.0 Å². The summed E-state index contributed by atoms with van der Waals surface area (Å²) in [5.74, 6) is 0.108. The molecule has 2 heterocycles. The van der Waals surface area contributed by atoms with Gasteiger partial charge in [-0.05, 0) is 32.0 Å². The zero-order valence-corrected chi connectivity index (χ0v) is 13.4. The topological polar surface area (TPSA) is 72.1 Å². The number of carbonyl (C=O) groups is 1. The number of anilines is 1. The molecule has 9 heteroatoms. The van der Waals surface area contributed by atoms with E-state index >= 15 is 0 Å². The molecule has 0 saturated carbocycles. The third kappa shape index (κ3) is 3.44. The van der Waals surface area contributed by atoms with Crippen LogP contribution >= 0.6 is 0 Å². The smallest absolute Gasteiger partial charge is 0.333 e. The van der Waals surface area contributed by atoms with E-state index in [4.69, 9.17) is 4.42 Å². The molecular formula is C16H15F3N4O2. The van der Waals surface area contributed by atoms with Crippen LogP contribution in [0.4, 0.5) is 23.7 Å². The molecule has 0 spiro atoms. The standard InChI is InChI=1S/C16H15F3N4O2/c1-8-12-5-10(17)3-4-13(12)25-14(8)9(2)21-16(24)22-11-6-20-23(7-11)15(18)19/h3-7,9,15H,1-2H3,(H2,21,22,24). The fraction of sp³-hybridized carbons (Fsp3) is 0.250. The van der Waals surface area contributed by atoms with Crippen LogP contribution in [0.15, 0.2) is 35.0 Å². The lowest BCUT2D eigenvalue weighted by molar-refractivity contribution is 0.0566. The van der Waals surface area contributed by atoms with Crippen LogP contribution in [-0.4, -0.2) is 15.8 Å². The Morgan fingerprint density at radius 2 is 2.12 bits per heavy atom. The second kappa shape index (κ2) is 6.50. The van der Waals surface area contributed by atoms with E-state index in [-0.39, 0.29) is 11.5 Å². The van der Waals surface area contributed by atoms with Crippen LogP contribution in [0.3, 0.4) is 0 Å². The van der Waals surface area contributed by atoms with Gasteiger partial charge in [-0.15, -0.1) is 0 Å². The SMILES string of the molecule is Cc1c(C(C)NC(=O)Nc2cnn(C(F)F)c2)oc2ccc(F)cc12. The number of nitrogens with zero attached hydrogens (tertiary/aromatic N) is 2. The molecule has 132 valence electrons. The lowest BCUT2D eigenvalue weighted by Gasteiger charge is -2.12. The first-order chi connectivity index (χ1) is 11.8. The number of aromatic nitrogens is 2. The summed E-state index contributed by atoms with van der Waals surface area (Å²) in [5.41, 5.74) is 1.36. The predicted octanol–water partition coefficient (Wildman–Crippen LogP) is 4.35. The lowest BCUT2D eigenvalue weighted by Crippen LogP contribution is -2.31. The number of alkyl halides is 2. The number of amides is 2. The van der Waals surface area contributed by atoms with Crippen molar-refractivity contribution in [2.45, 2.75) is 26.4 Å². The fourth-order valence-corrected chi connectivity index (χ4v) is 2.56. The first kappa shape index (κ1) is 16.9. The predicted molar refractivity (Wildman–Crippen MR) is 85.0 cm³/mol. The molecule has 0 aliphatic heterocycles. The molecule has 0 aliphatic carbocycles. The zero-order valence-electron chi connectivity index (χ0n) is 13.4. The van der Waals surface area contributed by atoms with Crippen LogP contribution in [0.1, 0.15) is 30.8 Å². The Bertz CT molecular complexity index is 919. The van der Waals surface area contributed by atoms with Crippen LogP contribution < -0.4 is 10.6 Å². The number of aryl methyl sites for hydroxylation is 1. The molecule has 0 fully saturated rings. The maximum Gasteiger partial charge on any atom is 0.333 e. The molecule has 3 aromatic rings. The van der Waals surface area contributed by atoms with Gasteiger partial charge in [0.1, 0.15) is 17.2 Å². The van der Waals surface area contributed by atoms with Gasteiger partial charge in [-0.1, -0.05) is 0 Å². The monoisotopic (exact) mass is 352 g/mol. The van der Waals surface area contributed by atoms with Crippen molar-refractivity contribution in [3.63, 3.8) is 0 Å². The molecule has 0 aliphatic rings. The van der Waals surface area contributed by atoms with Crippen LogP contribution in [0.2, 0.25) is 0 Å². The van der Waals surface area contributed by atoms with Crippen molar-refractivity contribution >= 4 is 22.7 Å². The van der Waals surface area contributed by atoms with Crippen molar-refractivity contribution in [3.8, 4) is 0 Å². The second-order valence-corrected chi connectivity index (χ2v) is 5.54. The Morgan fingerprint density at radius 1 is 1.36 bits per heavy atom. The van der Waals surface area contributed by atoms with E-state index in [0.717, 1.165) is 12.4 Å². The normalized spacial score (nSPS) is 12.6. The molecule has 1 aromatic carbocycles. The number of urea groups is 1. The van der Waals surface area contributed by atoms with E-state index < -0.39 is 18.6 Å². The number of fused-ring (bicyclic) bond motifs is 1. The minimum absolute atomic E-state index is 0.133. The van der Waals surface area contributed by atoms with E-state index in [9.17, 15) is 18.0 Å². The highest BCUT2D eigenvalue weighted by Gasteiger charge is 2.19. The Morgan fingerprint density at radius 3 is 2.80 bits per heavy atom. The molecule has 0 radical (unpaired) electrons. The first-order valence-corrected chi connectivity index (χ1v) is 7.43. The summed E-state index contributed by atoms with van der Waals surface area (Å²) in [5, 5.41) is 9.10. The third-order valence-corrected chi connectivity index (χ3v) is 3.74. The molecule has 1 unspecified atom stereocenters. The number of furan rings is 1.